The van der Waals surface area contributed by atoms with E-state index >= 15 is 0 Å². The second kappa shape index (κ2) is 3.76. The standard InChI is InChI=1S/C8H11BrNO2/c1-6-4-7(9)8(11-2)5-10(6)12-3/h4-5H,1-3H3/q+1. The first-order valence-corrected chi connectivity index (χ1v) is 4.28. The van der Waals surface area contributed by atoms with E-state index in [9.17, 15) is 0 Å². The molecular formula is C8H11BrNO2+. The molecule has 0 aliphatic heterocycles. The maximum atomic E-state index is 5.09. The molecule has 4 heteroatoms. The van der Waals surface area contributed by atoms with Gasteiger partial charge in [0.2, 0.25) is 11.4 Å². The molecule has 0 aliphatic rings. The second-order valence-electron chi connectivity index (χ2n) is 2.34. The van der Waals surface area contributed by atoms with Gasteiger partial charge >= 0.3 is 0 Å². The molecule has 0 aromatic carbocycles. The molecule has 1 aromatic heterocycles. The Morgan fingerprint density at radius 1 is 1.42 bits per heavy atom. The Labute approximate surface area is 80.0 Å². The van der Waals surface area contributed by atoms with Crippen LogP contribution in [0.3, 0.4) is 0 Å². The van der Waals surface area contributed by atoms with E-state index in [1.54, 1.807) is 25.1 Å². The van der Waals surface area contributed by atoms with Crippen molar-refractivity contribution in [1.82, 2.24) is 0 Å². The molecule has 0 atom stereocenters. The third-order valence-electron chi connectivity index (χ3n) is 1.57. The molecule has 12 heavy (non-hydrogen) atoms. The van der Waals surface area contributed by atoms with Crippen LogP contribution in [0.2, 0.25) is 0 Å². The topological polar surface area (TPSA) is 22.3 Å². The van der Waals surface area contributed by atoms with Gasteiger partial charge in [-0.3, -0.25) is 4.84 Å². The predicted octanol–water partition coefficient (Wildman–Crippen LogP) is 1.11. The number of methoxy groups -OCH3 is 1. The van der Waals surface area contributed by atoms with Crippen molar-refractivity contribution in [1.29, 1.82) is 0 Å². The molecule has 3 nitrogen and oxygen atoms in total. The number of hydrogen-bond acceptors (Lipinski definition) is 2. The molecule has 0 fully saturated rings. The Morgan fingerprint density at radius 2 is 2.08 bits per heavy atom. The van der Waals surface area contributed by atoms with Crippen molar-refractivity contribution in [3.63, 3.8) is 0 Å². The summed E-state index contributed by atoms with van der Waals surface area (Å²) in [6, 6.07) is 1.93. The average molecular weight is 233 g/mol. The lowest BCUT2D eigenvalue weighted by Crippen LogP contribution is -2.43. The monoisotopic (exact) mass is 232 g/mol. The normalized spacial score (nSPS) is 9.67. The first-order valence-electron chi connectivity index (χ1n) is 3.49. The molecule has 0 spiro atoms. The van der Waals surface area contributed by atoms with Crippen LogP contribution in [0.5, 0.6) is 5.75 Å². The Kier molecular flexibility index (Phi) is 2.92. The summed E-state index contributed by atoms with van der Waals surface area (Å²) in [5.41, 5.74) is 1.00. The molecule has 0 bridgehead atoms. The summed E-state index contributed by atoms with van der Waals surface area (Å²) in [7, 11) is 3.23. The second-order valence-corrected chi connectivity index (χ2v) is 3.19. The minimum Gasteiger partial charge on any atom is -0.490 e. The summed E-state index contributed by atoms with van der Waals surface area (Å²) >= 11 is 3.38. The van der Waals surface area contributed by atoms with E-state index in [4.69, 9.17) is 9.57 Å². The van der Waals surface area contributed by atoms with Crippen molar-refractivity contribution >= 4 is 15.9 Å². The smallest absolute Gasteiger partial charge is 0.265 e. The number of ether oxygens (including phenoxy) is 1. The van der Waals surface area contributed by atoms with Gasteiger partial charge in [0.15, 0.2) is 0 Å². The Bertz CT molecular complexity index is 263. The van der Waals surface area contributed by atoms with Crippen molar-refractivity contribution in [2.75, 3.05) is 14.2 Å². The molecular weight excluding hydrogens is 222 g/mol. The predicted molar refractivity (Wildman–Crippen MR) is 48.1 cm³/mol. The summed E-state index contributed by atoms with van der Waals surface area (Å²) < 4.78 is 7.66. The maximum absolute atomic E-state index is 5.09. The Balaban J connectivity index is 3.18. The van der Waals surface area contributed by atoms with Crippen molar-refractivity contribution < 1.29 is 14.3 Å². The highest BCUT2D eigenvalue weighted by Gasteiger charge is 2.12. The number of halogens is 1. The lowest BCUT2D eigenvalue weighted by Gasteiger charge is -2.01. The molecule has 0 saturated heterocycles. The number of aryl methyl sites for hydroxylation is 1. The van der Waals surface area contributed by atoms with Gasteiger partial charge < -0.3 is 4.74 Å². The molecule has 0 amide bonds. The molecule has 0 radical (unpaired) electrons. The van der Waals surface area contributed by atoms with Crippen LogP contribution in [0.15, 0.2) is 16.7 Å². The number of nitrogens with zero attached hydrogens (tertiary/aromatic N) is 1. The van der Waals surface area contributed by atoms with Gasteiger partial charge in [0.25, 0.3) is 6.20 Å². The van der Waals surface area contributed by atoms with Crippen molar-refractivity contribution in [3.8, 4) is 5.75 Å². The highest BCUT2D eigenvalue weighted by atomic mass is 79.9. The number of pyridine rings is 1. The Morgan fingerprint density at radius 3 is 2.58 bits per heavy atom. The van der Waals surface area contributed by atoms with Crippen LogP contribution in [0.25, 0.3) is 0 Å². The van der Waals surface area contributed by atoms with Crippen LogP contribution in [0.1, 0.15) is 5.69 Å². The van der Waals surface area contributed by atoms with E-state index in [0.717, 1.165) is 15.9 Å². The van der Waals surface area contributed by atoms with Gasteiger partial charge in [-0.15, -0.1) is 0 Å². The molecule has 0 saturated carbocycles. The SMILES string of the molecule is COc1c[n+](OC)c(C)cc1Br. The van der Waals surface area contributed by atoms with Gasteiger partial charge in [-0.2, -0.15) is 0 Å². The fourth-order valence-corrected chi connectivity index (χ4v) is 1.53. The first-order chi connectivity index (χ1) is 5.69. The Hall–Kier alpha value is -0.770. The van der Waals surface area contributed by atoms with Crippen LogP contribution < -0.4 is 14.3 Å². The van der Waals surface area contributed by atoms with Crippen LogP contribution in [0, 0.1) is 6.92 Å². The summed E-state index contributed by atoms with van der Waals surface area (Å²) in [6.45, 7) is 1.95. The van der Waals surface area contributed by atoms with Crippen LogP contribution >= 0.6 is 15.9 Å². The van der Waals surface area contributed by atoms with E-state index in [2.05, 4.69) is 15.9 Å². The van der Waals surface area contributed by atoms with Crippen LogP contribution in [0.4, 0.5) is 0 Å². The van der Waals surface area contributed by atoms with E-state index in [1.807, 2.05) is 13.0 Å². The third-order valence-corrected chi connectivity index (χ3v) is 2.19. The summed E-state index contributed by atoms with van der Waals surface area (Å²) in [5, 5.41) is 0. The minimum atomic E-state index is 0.752. The zero-order valence-electron chi connectivity index (χ0n) is 7.30. The highest BCUT2D eigenvalue weighted by Crippen LogP contribution is 2.22. The third kappa shape index (κ3) is 1.69. The van der Waals surface area contributed by atoms with Crippen molar-refractivity contribution in [3.05, 3.63) is 22.4 Å². The first kappa shape index (κ1) is 9.32. The van der Waals surface area contributed by atoms with Crippen LogP contribution in [-0.2, 0) is 0 Å². The summed E-state index contributed by atoms with van der Waals surface area (Å²) in [4.78, 5) is 5.06. The van der Waals surface area contributed by atoms with Gasteiger partial charge in [-0.05, 0) is 15.9 Å². The van der Waals surface area contributed by atoms with Gasteiger partial charge in [0, 0.05) is 17.7 Å². The molecule has 0 N–H and O–H groups in total. The molecule has 0 unspecified atom stereocenters. The van der Waals surface area contributed by atoms with Crippen LogP contribution in [-0.4, -0.2) is 14.2 Å². The fourth-order valence-electron chi connectivity index (χ4n) is 0.935. The van der Waals surface area contributed by atoms with Gasteiger partial charge in [0.1, 0.15) is 7.11 Å². The quantitative estimate of drug-likeness (QED) is 0.714. The summed E-state index contributed by atoms with van der Waals surface area (Å²) in [6.07, 6.45) is 1.78. The lowest BCUT2D eigenvalue weighted by molar-refractivity contribution is -0.889. The summed E-state index contributed by atoms with van der Waals surface area (Å²) in [5.74, 6) is 0.752. The molecule has 1 heterocycles. The number of rotatable bonds is 2. The van der Waals surface area contributed by atoms with Gasteiger partial charge in [0.05, 0.1) is 11.6 Å². The van der Waals surface area contributed by atoms with E-state index in [-0.39, 0.29) is 0 Å². The fraction of sp³-hybridized carbons (Fsp3) is 0.375. The number of aromatic nitrogens is 1. The van der Waals surface area contributed by atoms with E-state index < -0.39 is 0 Å². The highest BCUT2D eigenvalue weighted by molar-refractivity contribution is 9.10. The molecule has 1 aromatic rings. The van der Waals surface area contributed by atoms with E-state index in [0.29, 0.717) is 0 Å². The maximum Gasteiger partial charge on any atom is 0.265 e. The zero-order chi connectivity index (χ0) is 9.14. The van der Waals surface area contributed by atoms with Crippen molar-refractivity contribution in [2.45, 2.75) is 6.92 Å². The molecule has 1 rings (SSSR count). The largest absolute Gasteiger partial charge is 0.490 e. The molecule has 0 aliphatic carbocycles. The van der Waals surface area contributed by atoms with E-state index in [1.165, 1.54) is 0 Å². The number of hydrogen-bond donors (Lipinski definition) is 0. The molecule has 66 valence electrons. The lowest BCUT2D eigenvalue weighted by atomic mass is 10.4. The van der Waals surface area contributed by atoms with Crippen molar-refractivity contribution in [2.24, 2.45) is 0 Å². The minimum absolute atomic E-state index is 0.752. The van der Waals surface area contributed by atoms with Gasteiger partial charge in [-0.1, -0.05) is 0 Å². The average Bonchev–Trinajstić information content (AvgIpc) is 2.05. The zero-order valence-corrected chi connectivity index (χ0v) is 8.88. The van der Waals surface area contributed by atoms with Gasteiger partial charge in [-0.25, -0.2) is 0 Å².